The van der Waals surface area contributed by atoms with E-state index in [9.17, 15) is 0 Å². The minimum Gasteiger partial charge on any atom is -0.411 e. The number of rotatable bonds is 4. The Kier molecular flexibility index (Phi) is 4.36. The normalized spacial score (nSPS) is 11.0. The molecule has 4 rings (SSSR count). The lowest BCUT2D eigenvalue weighted by molar-refractivity contribution is 0.466. The van der Waals surface area contributed by atoms with E-state index in [2.05, 4.69) is 68.6 Å². The summed E-state index contributed by atoms with van der Waals surface area (Å²) in [6.45, 7) is 0. The van der Waals surface area contributed by atoms with Crippen LogP contribution in [0.2, 0.25) is 0 Å². The maximum atomic E-state index is 5.77. The van der Waals surface area contributed by atoms with Crippen molar-refractivity contribution in [3.63, 3.8) is 0 Å². The standard InChI is InChI=1S/C19H13BrN2OS/c20-16-10-8-14(9-11-16)18-21-22-19(23-18)24-12-15-6-3-5-13-4-1-2-7-17(13)15/h1-11H,12H2. The summed E-state index contributed by atoms with van der Waals surface area (Å²) in [5.74, 6) is 1.34. The summed E-state index contributed by atoms with van der Waals surface area (Å²) in [4.78, 5) is 0. The van der Waals surface area contributed by atoms with Gasteiger partial charge in [0.25, 0.3) is 5.22 Å². The fourth-order valence-corrected chi connectivity index (χ4v) is 3.57. The van der Waals surface area contributed by atoms with Gasteiger partial charge >= 0.3 is 0 Å². The molecule has 0 unspecified atom stereocenters. The van der Waals surface area contributed by atoms with Crippen molar-refractivity contribution in [2.24, 2.45) is 0 Å². The molecule has 1 aromatic heterocycles. The molecule has 1 heterocycles. The molecule has 0 bridgehead atoms. The highest BCUT2D eigenvalue weighted by Gasteiger charge is 2.10. The topological polar surface area (TPSA) is 38.9 Å². The molecule has 24 heavy (non-hydrogen) atoms. The van der Waals surface area contributed by atoms with Crippen LogP contribution in [-0.2, 0) is 5.75 Å². The fourth-order valence-electron chi connectivity index (χ4n) is 2.54. The van der Waals surface area contributed by atoms with Crippen molar-refractivity contribution in [3.05, 3.63) is 76.8 Å². The van der Waals surface area contributed by atoms with Gasteiger partial charge in [0.05, 0.1) is 0 Å². The van der Waals surface area contributed by atoms with Crippen LogP contribution >= 0.6 is 27.7 Å². The van der Waals surface area contributed by atoms with Crippen LogP contribution in [0.15, 0.2) is 80.8 Å². The summed E-state index contributed by atoms with van der Waals surface area (Å²) in [5.41, 5.74) is 2.18. The summed E-state index contributed by atoms with van der Waals surface area (Å²) in [5, 5.41) is 11.4. The molecule has 0 spiro atoms. The lowest BCUT2D eigenvalue weighted by atomic mass is 10.1. The Hall–Kier alpha value is -2.11. The molecule has 0 radical (unpaired) electrons. The minimum atomic E-state index is 0.544. The Morgan fingerprint density at radius 2 is 1.67 bits per heavy atom. The Bertz CT molecular complexity index is 977. The Balaban J connectivity index is 1.53. The van der Waals surface area contributed by atoms with Gasteiger partial charge in [-0.1, -0.05) is 70.2 Å². The number of thioether (sulfide) groups is 1. The van der Waals surface area contributed by atoms with Crippen LogP contribution in [0.4, 0.5) is 0 Å². The molecule has 0 aliphatic heterocycles. The largest absolute Gasteiger partial charge is 0.411 e. The average molecular weight is 397 g/mol. The molecule has 0 atom stereocenters. The van der Waals surface area contributed by atoms with Crippen LogP contribution in [0.1, 0.15) is 5.56 Å². The van der Waals surface area contributed by atoms with Crippen molar-refractivity contribution < 1.29 is 4.42 Å². The number of hydrogen-bond acceptors (Lipinski definition) is 4. The highest BCUT2D eigenvalue weighted by atomic mass is 79.9. The summed E-state index contributed by atoms with van der Waals surface area (Å²) >= 11 is 4.98. The summed E-state index contributed by atoms with van der Waals surface area (Å²) < 4.78 is 6.79. The predicted octanol–water partition coefficient (Wildman–Crippen LogP) is 5.94. The minimum absolute atomic E-state index is 0.544. The highest BCUT2D eigenvalue weighted by molar-refractivity contribution is 9.10. The number of fused-ring (bicyclic) bond motifs is 1. The van der Waals surface area contributed by atoms with E-state index in [1.165, 1.54) is 16.3 Å². The van der Waals surface area contributed by atoms with E-state index >= 15 is 0 Å². The van der Waals surface area contributed by atoms with Crippen LogP contribution in [0.5, 0.6) is 0 Å². The molecule has 0 amide bonds. The molecule has 3 nitrogen and oxygen atoms in total. The Morgan fingerprint density at radius 1 is 0.875 bits per heavy atom. The molecular weight excluding hydrogens is 384 g/mol. The van der Waals surface area contributed by atoms with Crippen LogP contribution in [0.25, 0.3) is 22.2 Å². The molecule has 0 aliphatic carbocycles. The zero-order chi connectivity index (χ0) is 16.4. The molecule has 4 aromatic rings. The van der Waals surface area contributed by atoms with Gasteiger partial charge in [0, 0.05) is 15.8 Å². The first-order valence-electron chi connectivity index (χ1n) is 7.48. The average Bonchev–Trinajstić information content (AvgIpc) is 3.09. The first kappa shape index (κ1) is 15.4. The van der Waals surface area contributed by atoms with E-state index < -0.39 is 0 Å². The summed E-state index contributed by atoms with van der Waals surface area (Å²) in [6.07, 6.45) is 0. The zero-order valence-corrected chi connectivity index (χ0v) is 15.0. The monoisotopic (exact) mass is 396 g/mol. The molecule has 0 N–H and O–H groups in total. The lowest BCUT2D eigenvalue weighted by Crippen LogP contribution is -1.84. The third-order valence-corrected chi connectivity index (χ3v) is 5.12. The number of nitrogens with zero attached hydrogens (tertiary/aromatic N) is 2. The second-order valence-corrected chi connectivity index (χ2v) is 7.15. The number of benzene rings is 3. The van der Waals surface area contributed by atoms with E-state index in [1.54, 1.807) is 11.8 Å². The van der Waals surface area contributed by atoms with Gasteiger partial charge in [0.2, 0.25) is 5.89 Å². The van der Waals surface area contributed by atoms with E-state index in [1.807, 2.05) is 24.3 Å². The van der Waals surface area contributed by atoms with Crippen molar-refractivity contribution in [1.82, 2.24) is 10.2 Å². The van der Waals surface area contributed by atoms with Crippen molar-refractivity contribution in [3.8, 4) is 11.5 Å². The number of aromatic nitrogens is 2. The van der Waals surface area contributed by atoms with Crippen molar-refractivity contribution in [2.45, 2.75) is 11.0 Å². The van der Waals surface area contributed by atoms with E-state index in [-0.39, 0.29) is 0 Å². The van der Waals surface area contributed by atoms with Crippen molar-refractivity contribution in [2.75, 3.05) is 0 Å². The maximum absolute atomic E-state index is 5.77. The maximum Gasteiger partial charge on any atom is 0.277 e. The van der Waals surface area contributed by atoms with Crippen LogP contribution in [0.3, 0.4) is 0 Å². The van der Waals surface area contributed by atoms with Crippen LogP contribution in [0, 0.1) is 0 Å². The smallest absolute Gasteiger partial charge is 0.277 e. The lowest BCUT2D eigenvalue weighted by Gasteiger charge is -2.04. The fraction of sp³-hybridized carbons (Fsp3) is 0.0526. The van der Waals surface area contributed by atoms with Crippen molar-refractivity contribution >= 4 is 38.5 Å². The van der Waals surface area contributed by atoms with Crippen LogP contribution < -0.4 is 0 Å². The van der Waals surface area contributed by atoms with Crippen LogP contribution in [-0.4, -0.2) is 10.2 Å². The third kappa shape index (κ3) is 3.23. The molecule has 118 valence electrons. The van der Waals surface area contributed by atoms with Gasteiger partial charge in [-0.05, 0) is 40.6 Å². The van der Waals surface area contributed by atoms with Gasteiger partial charge in [0.1, 0.15) is 0 Å². The predicted molar refractivity (Wildman–Crippen MR) is 101 cm³/mol. The first-order valence-corrected chi connectivity index (χ1v) is 9.26. The van der Waals surface area contributed by atoms with Gasteiger partial charge in [0.15, 0.2) is 0 Å². The van der Waals surface area contributed by atoms with Gasteiger partial charge in [-0.2, -0.15) is 0 Å². The summed E-state index contributed by atoms with van der Waals surface area (Å²) in [7, 11) is 0. The molecular formula is C19H13BrN2OS. The quantitative estimate of drug-likeness (QED) is 0.399. The second-order valence-electron chi connectivity index (χ2n) is 5.31. The summed E-state index contributed by atoms with van der Waals surface area (Å²) in [6, 6.07) is 22.6. The highest BCUT2D eigenvalue weighted by Crippen LogP contribution is 2.29. The molecule has 0 fully saturated rings. The SMILES string of the molecule is Brc1ccc(-c2nnc(SCc3cccc4ccccc34)o2)cc1. The van der Waals surface area contributed by atoms with E-state index in [0.29, 0.717) is 11.1 Å². The molecule has 5 heteroatoms. The molecule has 0 aliphatic rings. The Morgan fingerprint density at radius 3 is 2.54 bits per heavy atom. The van der Waals surface area contributed by atoms with E-state index in [0.717, 1.165) is 15.8 Å². The van der Waals surface area contributed by atoms with Crippen molar-refractivity contribution in [1.29, 1.82) is 0 Å². The van der Waals surface area contributed by atoms with E-state index in [4.69, 9.17) is 4.42 Å². The third-order valence-electron chi connectivity index (χ3n) is 3.73. The molecule has 0 saturated heterocycles. The van der Waals surface area contributed by atoms with Gasteiger partial charge < -0.3 is 4.42 Å². The number of hydrogen-bond donors (Lipinski definition) is 0. The van der Waals surface area contributed by atoms with Gasteiger partial charge in [-0.15, -0.1) is 10.2 Å². The van der Waals surface area contributed by atoms with Gasteiger partial charge in [-0.3, -0.25) is 0 Å². The first-order chi connectivity index (χ1) is 11.8. The zero-order valence-electron chi connectivity index (χ0n) is 12.6. The molecule has 0 saturated carbocycles. The second kappa shape index (κ2) is 6.79. The van der Waals surface area contributed by atoms with Gasteiger partial charge in [-0.25, -0.2) is 0 Å². The Labute approximate surface area is 152 Å². The number of halogens is 1. The molecule has 3 aromatic carbocycles.